The molecule has 0 fully saturated rings. The first kappa shape index (κ1) is 45.1. The molecular weight excluding hydrogens is 709 g/mol. The number of carbonyl (C=O) groups excluding carboxylic acids is 2. The van der Waals surface area contributed by atoms with Gasteiger partial charge < -0.3 is 18.9 Å². The fourth-order valence-electron chi connectivity index (χ4n) is 6.64. The number of benzene rings is 4. The molecule has 0 aliphatic heterocycles. The normalized spacial score (nSPS) is 13.9. The maximum atomic E-state index is 13.9. The van der Waals surface area contributed by atoms with E-state index in [0.717, 1.165) is 42.6 Å². The number of esters is 2. The Kier molecular flexibility index (Phi) is 16.0. The van der Waals surface area contributed by atoms with Gasteiger partial charge in [-0.25, -0.2) is 0 Å². The van der Waals surface area contributed by atoms with Gasteiger partial charge >= 0.3 is 11.9 Å². The zero-order chi connectivity index (χ0) is 41.7. The molecule has 0 saturated heterocycles. The molecule has 4 rings (SSSR count). The van der Waals surface area contributed by atoms with E-state index in [9.17, 15) is 9.59 Å². The number of unbranched alkanes of at least 4 members (excludes halogenated alkanes) is 4. The van der Waals surface area contributed by atoms with Crippen molar-refractivity contribution in [2.24, 2.45) is 10.8 Å². The number of ether oxygens (including phenoxy) is 4. The average molecular weight is 777 g/mol. The first-order chi connectivity index (χ1) is 27.1. The van der Waals surface area contributed by atoms with E-state index in [0.29, 0.717) is 36.5 Å². The third-order valence-electron chi connectivity index (χ3n) is 12.3. The summed E-state index contributed by atoms with van der Waals surface area (Å²) in [5, 5.41) is 0. The third kappa shape index (κ3) is 12.5. The quantitative estimate of drug-likeness (QED) is 0.0450. The van der Waals surface area contributed by atoms with Crippen LogP contribution in [0.2, 0.25) is 0 Å². The molecule has 0 radical (unpaired) electrons. The highest BCUT2D eigenvalue weighted by Crippen LogP contribution is 2.42. The van der Waals surface area contributed by atoms with E-state index in [4.69, 9.17) is 18.9 Å². The van der Waals surface area contributed by atoms with Crippen LogP contribution in [0.5, 0.6) is 23.0 Å². The number of carbonyl (C=O) groups is 2. The Labute approximate surface area is 343 Å². The van der Waals surface area contributed by atoms with Crippen LogP contribution in [0.1, 0.15) is 138 Å². The molecule has 2 atom stereocenters. The summed E-state index contributed by atoms with van der Waals surface area (Å²) in [6, 6.07) is 32.0. The fourth-order valence-corrected chi connectivity index (χ4v) is 6.64. The molecule has 2 unspecified atom stereocenters. The second-order valence-electron chi connectivity index (χ2n) is 17.2. The second kappa shape index (κ2) is 20.2. The number of hydrogen-bond donors (Lipinski definition) is 0. The van der Waals surface area contributed by atoms with E-state index in [2.05, 4.69) is 57.2 Å². The standard InChI is InChI=1S/C51H68O6/c1-11-48(5,6)46(52)54-43-34-26-40(27-35-43)41-28-36-45(37-29-41)57-51(10,14-4)50(9,13-3)47(53)55-42-30-22-38(23-31-42)20-18-16-15-17-19-21-39-24-32-44(33-25-39)56-49(7,8)12-2/h22-37H,11-21H2,1-10H3. The summed E-state index contributed by atoms with van der Waals surface area (Å²) in [6.45, 7) is 20.1. The van der Waals surface area contributed by atoms with Gasteiger partial charge in [0, 0.05) is 0 Å². The topological polar surface area (TPSA) is 71.1 Å². The Morgan fingerprint density at radius 2 is 0.842 bits per heavy atom. The molecule has 4 aromatic carbocycles. The highest BCUT2D eigenvalue weighted by molar-refractivity contribution is 5.80. The van der Waals surface area contributed by atoms with Gasteiger partial charge in [0.25, 0.3) is 0 Å². The minimum atomic E-state index is -0.900. The van der Waals surface area contributed by atoms with Gasteiger partial charge in [0.15, 0.2) is 0 Å². The summed E-state index contributed by atoms with van der Waals surface area (Å²) in [6.07, 6.45) is 10.9. The van der Waals surface area contributed by atoms with Crippen molar-refractivity contribution in [3.8, 4) is 34.1 Å². The molecule has 0 aromatic heterocycles. The van der Waals surface area contributed by atoms with Crippen molar-refractivity contribution in [2.45, 2.75) is 151 Å². The molecule has 0 aliphatic carbocycles. The van der Waals surface area contributed by atoms with Crippen LogP contribution in [0.4, 0.5) is 0 Å². The third-order valence-corrected chi connectivity index (χ3v) is 12.3. The molecule has 0 amide bonds. The second-order valence-corrected chi connectivity index (χ2v) is 17.2. The maximum Gasteiger partial charge on any atom is 0.321 e. The first-order valence-corrected chi connectivity index (χ1v) is 21.3. The number of aryl methyl sites for hydroxylation is 2. The van der Waals surface area contributed by atoms with E-state index < -0.39 is 16.4 Å². The van der Waals surface area contributed by atoms with E-state index in [-0.39, 0.29) is 17.5 Å². The molecule has 0 aliphatic rings. The Morgan fingerprint density at radius 1 is 0.439 bits per heavy atom. The van der Waals surface area contributed by atoms with Crippen molar-refractivity contribution in [3.05, 3.63) is 108 Å². The molecule has 6 heteroatoms. The van der Waals surface area contributed by atoms with Crippen LogP contribution in [-0.2, 0) is 22.4 Å². The van der Waals surface area contributed by atoms with Crippen LogP contribution in [0, 0.1) is 10.8 Å². The number of rotatable bonds is 22. The predicted octanol–water partition coefficient (Wildman–Crippen LogP) is 13.6. The van der Waals surface area contributed by atoms with Crippen LogP contribution in [0.15, 0.2) is 97.1 Å². The smallest absolute Gasteiger partial charge is 0.321 e. The Balaban J connectivity index is 1.23. The van der Waals surface area contributed by atoms with Crippen molar-refractivity contribution < 1.29 is 28.5 Å². The van der Waals surface area contributed by atoms with Gasteiger partial charge in [-0.1, -0.05) is 95.5 Å². The van der Waals surface area contributed by atoms with Crippen molar-refractivity contribution in [1.82, 2.24) is 0 Å². The lowest BCUT2D eigenvalue weighted by Gasteiger charge is -2.43. The SMILES string of the molecule is CCC(C)(C)Oc1ccc(CCCCCCCc2ccc(OC(=O)C(C)(CC)C(C)(CC)Oc3ccc(-c4ccc(OC(=O)C(C)(C)CC)cc4)cc3)cc2)cc1. The van der Waals surface area contributed by atoms with Gasteiger partial charge in [-0.05, 0) is 164 Å². The van der Waals surface area contributed by atoms with Crippen LogP contribution in [0.3, 0.4) is 0 Å². The molecule has 308 valence electrons. The molecule has 0 heterocycles. The molecular formula is C51H68O6. The van der Waals surface area contributed by atoms with Crippen LogP contribution >= 0.6 is 0 Å². The zero-order valence-corrected chi connectivity index (χ0v) is 36.5. The van der Waals surface area contributed by atoms with Crippen molar-refractivity contribution in [2.75, 3.05) is 0 Å². The highest BCUT2D eigenvalue weighted by atomic mass is 16.5. The molecule has 0 saturated carbocycles. The fraction of sp³-hybridized carbons (Fsp3) is 0.490. The average Bonchev–Trinajstić information content (AvgIpc) is 3.21. The van der Waals surface area contributed by atoms with Crippen LogP contribution in [-0.4, -0.2) is 23.1 Å². The molecule has 0 N–H and O–H groups in total. The van der Waals surface area contributed by atoms with E-state index >= 15 is 0 Å². The minimum Gasteiger partial charge on any atom is -0.488 e. The largest absolute Gasteiger partial charge is 0.488 e. The van der Waals surface area contributed by atoms with Gasteiger partial charge in [0.2, 0.25) is 0 Å². The van der Waals surface area contributed by atoms with Gasteiger partial charge in [-0.3, -0.25) is 9.59 Å². The van der Waals surface area contributed by atoms with Crippen molar-refractivity contribution in [1.29, 1.82) is 0 Å². The Morgan fingerprint density at radius 3 is 1.28 bits per heavy atom. The van der Waals surface area contributed by atoms with Crippen molar-refractivity contribution in [3.63, 3.8) is 0 Å². The molecule has 57 heavy (non-hydrogen) atoms. The lowest BCUT2D eigenvalue weighted by atomic mass is 9.70. The maximum absolute atomic E-state index is 13.9. The summed E-state index contributed by atoms with van der Waals surface area (Å²) in [7, 11) is 0. The zero-order valence-electron chi connectivity index (χ0n) is 36.5. The summed E-state index contributed by atoms with van der Waals surface area (Å²) in [5.74, 6) is 2.17. The first-order valence-electron chi connectivity index (χ1n) is 21.3. The lowest BCUT2D eigenvalue weighted by Crippen LogP contribution is -2.54. The molecule has 0 bridgehead atoms. The summed E-state index contributed by atoms with van der Waals surface area (Å²) in [4.78, 5) is 26.4. The van der Waals surface area contributed by atoms with E-state index in [1.165, 1.54) is 36.8 Å². The van der Waals surface area contributed by atoms with Gasteiger partial charge in [0.05, 0.1) is 5.41 Å². The molecule has 4 aromatic rings. The van der Waals surface area contributed by atoms with Crippen LogP contribution < -0.4 is 18.9 Å². The minimum absolute atomic E-state index is 0.137. The van der Waals surface area contributed by atoms with Crippen molar-refractivity contribution >= 4 is 11.9 Å². The Bertz CT molecular complexity index is 1840. The van der Waals surface area contributed by atoms with Gasteiger partial charge in [-0.15, -0.1) is 0 Å². The van der Waals surface area contributed by atoms with E-state index in [1.54, 1.807) is 0 Å². The highest BCUT2D eigenvalue weighted by Gasteiger charge is 2.51. The Hall–Kier alpha value is -4.58. The number of hydrogen-bond acceptors (Lipinski definition) is 6. The summed E-state index contributed by atoms with van der Waals surface area (Å²) >= 11 is 0. The monoisotopic (exact) mass is 777 g/mol. The molecule has 0 spiro atoms. The van der Waals surface area contributed by atoms with Crippen LogP contribution in [0.25, 0.3) is 11.1 Å². The van der Waals surface area contributed by atoms with Gasteiger partial charge in [0.1, 0.15) is 39.6 Å². The lowest BCUT2D eigenvalue weighted by molar-refractivity contribution is -0.159. The summed E-state index contributed by atoms with van der Waals surface area (Å²) in [5.41, 5.74) is 2.23. The van der Waals surface area contributed by atoms with Gasteiger partial charge in [-0.2, -0.15) is 0 Å². The predicted molar refractivity (Wildman–Crippen MR) is 233 cm³/mol. The summed E-state index contributed by atoms with van der Waals surface area (Å²) < 4.78 is 24.4. The molecule has 6 nitrogen and oxygen atoms in total. The van der Waals surface area contributed by atoms with E-state index in [1.807, 2.05) is 109 Å².